The van der Waals surface area contributed by atoms with Gasteiger partial charge in [0.25, 0.3) is 0 Å². The van der Waals surface area contributed by atoms with Crippen molar-refractivity contribution in [3.63, 3.8) is 0 Å². The van der Waals surface area contributed by atoms with Crippen LogP contribution in [0.3, 0.4) is 0 Å². The van der Waals surface area contributed by atoms with Crippen LogP contribution in [-0.2, 0) is 11.2 Å². The summed E-state index contributed by atoms with van der Waals surface area (Å²) >= 11 is 0. The topological polar surface area (TPSA) is 80.9 Å². The Morgan fingerprint density at radius 1 is 1.53 bits per heavy atom. The van der Waals surface area contributed by atoms with Gasteiger partial charge in [-0.05, 0) is 16.8 Å². The van der Waals surface area contributed by atoms with Crippen LogP contribution in [-0.4, -0.2) is 31.3 Å². The number of tetrazole rings is 1. The fourth-order valence-electron chi connectivity index (χ4n) is 1.57. The molecule has 15 heavy (non-hydrogen) atoms. The van der Waals surface area contributed by atoms with Crippen molar-refractivity contribution in [2.45, 2.75) is 45.6 Å². The third-order valence-electron chi connectivity index (χ3n) is 2.26. The molecule has 0 saturated carbocycles. The van der Waals surface area contributed by atoms with Crippen LogP contribution in [0.15, 0.2) is 0 Å². The van der Waals surface area contributed by atoms with Gasteiger partial charge in [0.2, 0.25) is 0 Å². The Morgan fingerprint density at radius 2 is 2.27 bits per heavy atom. The first kappa shape index (κ1) is 11.6. The quantitative estimate of drug-likeness (QED) is 0.762. The molecule has 1 heterocycles. The molecule has 0 fully saturated rings. The number of aromatic nitrogens is 4. The van der Waals surface area contributed by atoms with Crippen molar-refractivity contribution >= 4 is 5.97 Å². The molecule has 6 heteroatoms. The first-order valence-corrected chi connectivity index (χ1v) is 5.17. The molecular weight excluding hydrogens is 196 g/mol. The molecule has 1 unspecified atom stereocenters. The Morgan fingerprint density at radius 3 is 2.80 bits per heavy atom. The summed E-state index contributed by atoms with van der Waals surface area (Å²) in [7, 11) is 0. The molecule has 84 valence electrons. The first-order chi connectivity index (χ1) is 7.19. The van der Waals surface area contributed by atoms with Gasteiger partial charge in [-0.25, -0.2) is 4.68 Å². The molecule has 1 aromatic rings. The van der Waals surface area contributed by atoms with Crippen molar-refractivity contribution < 1.29 is 9.90 Å². The molecule has 6 nitrogen and oxygen atoms in total. The van der Waals surface area contributed by atoms with E-state index in [0.717, 1.165) is 18.7 Å². The molecule has 1 rings (SSSR count). The zero-order valence-electron chi connectivity index (χ0n) is 9.05. The highest BCUT2D eigenvalue weighted by molar-refractivity contribution is 5.67. The number of rotatable bonds is 6. The maximum Gasteiger partial charge on any atom is 0.305 e. The van der Waals surface area contributed by atoms with E-state index >= 15 is 0 Å². The van der Waals surface area contributed by atoms with E-state index in [0.29, 0.717) is 6.42 Å². The summed E-state index contributed by atoms with van der Waals surface area (Å²) in [6.45, 7) is 3.97. The molecular formula is C9H16N4O2. The van der Waals surface area contributed by atoms with Gasteiger partial charge in [-0.1, -0.05) is 20.3 Å². The van der Waals surface area contributed by atoms with Crippen LogP contribution in [0.5, 0.6) is 0 Å². The summed E-state index contributed by atoms with van der Waals surface area (Å²) in [6.07, 6.45) is 2.49. The van der Waals surface area contributed by atoms with Gasteiger partial charge in [0, 0.05) is 6.42 Å². The summed E-state index contributed by atoms with van der Waals surface area (Å²) in [5.74, 6) is -0.0688. The monoisotopic (exact) mass is 212 g/mol. The van der Waals surface area contributed by atoms with Crippen LogP contribution in [0.4, 0.5) is 0 Å². The average Bonchev–Trinajstić information content (AvgIpc) is 2.64. The third-order valence-corrected chi connectivity index (χ3v) is 2.26. The van der Waals surface area contributed by atoms with E-state index in [1.807, 2.05) is 13.8 Å². The maximum absolute atomic E-state index is 10.7. The van der Waals surface area contributed by atoms with Crippen LogP contribution in [0, 0.1) is 0 Å². The fraction of sp³-hybridized carbons (Fsp3) is 0.778. The lowest BCUT2D eigenvalue weighted by molar-refractivity contribution is -0.138. The number of hydrogen-bond donors (Lipinski definition) is 1. The number of aryl methyl sites for hydroxylation is 1. The van der Waals surface area contributed by atoms with Gasteiger partial charge in [-0.2, -0.15) is 0 Å². The lowest BCUT2D eigenvalue weighted by Gasteiger charge is -2.14. The highest BCUT2D eigenvalue weighted by atomic mass is 16.4. The van der Waals surface area contributed by atoms with E-state index in [1.165, 1.54) is 0 Å². The number of aliphatic carboxylic acids is 1. The Bertz CT molecular complexity index is 324. The van der Waals surface area contributed by atoms with Gasteiger partial charge < -0.3 is 5.11 Å². The van der Waals surface area contributed by atoms with E-state index in [2.05, 4.69) is 15.5 Å². The van der Waals surface area contributed by atoms with Crippen molar-refractivity contribution in [2.75, 3.05) is 0 Å². The SMILES string of the molecule is CCCC(CC(=O)O)n1nnnc1CC. The lowest BCUT2D eigenvalue weighted by atomic mass is 10.1. The summed E-state index contributed by atoms with van der Waals surface area (Å²) < 4.78 is 1.64. The number of nitrogens with zero attached hydrogens (tertiary/aromatic N) is 4. The maximum atomic E-state index is 10.7. The Kier molecular flexibility index (Phi) is 4.20. The molecule has 0 spiro atoms. The molecule has 0 aliphatic carbocycles. The normalized spacial score (nSPS) is 12.7. The van der Waals surface area contributed by atoms with Gasteiger partial charge in [0.1, 0.15) is 0 Å². The first-order valence-electron chi connectivity index (χ1n) is 5.17. The molecule has 0 radical (unpaired) electrons. The zero-order chi connectivity index (χ0) is 11.3. The van der Waals surface area contributed by atoms with E-state index in [-0.39, 0.29) is 12.5 Å². The third kappa shape index (κ3) is 3.00. The van der Waals surface area contributed by atoms with Crippen LogP contribution >= 0.6 is 0 Å². The van der Waals surface area contributed by atoms with Crippen molar-refractivity contribution in [1.29, 1.82) is 0 Å². The molecule has 0 amide bonds. The summed E-state index contributed by atoms with van der Waals surface area (Å²) in [4.78, 5) is 10.7. The zero-order valence-corrected chi connectivity index (χ0v) is 9.05. The van der Waals surface area contributed by atoms with Crippen LogP contribution in [0.2, 0.25) is 0 Å². The van der Waals surface area contributed by atoms with Crippen LogP contribution in [0.25, 0.3) is 0 Å². The number of hydrogen-bond acceptors (Lipinski definition) is 4. The van der Waals surface area contributed by atoms with Gasteiger partial charge in [-0.15, -0.1) is 5.10 Å². The van der Waals surface area contributed by atoms with Crippen molar-refractivity contribution in [3.8, 4) is 0 Å². The second-order valence-electron chi connectivity index (χ2n) is 3.43. The average molecular weight is 212 g/mol. The summed E-state index contributed by atoms with van der Waals surface area (Å²) in [5.41, 5.74) is 0. The van der Waals surface area contributed by atoms with Crippen molar-refractivity contribution in [1.82, 2.24) is 20.2 Å². The van der Waals surface area contributed by atoms with Crippen LogP contribution < -0.4 is 0 Å². The van der Waals surface area contributed by atoms with Crippen molar-refractivity contribution in [3.05, 3.63) is 5.82 Å². The Hall–Kier alpha value is -1.46. The molecule has 0 saturated heterocycles. The number of carbonyl (C=O) groups is 1. The summed E-state index contributed by atoms with van der Waals surface area (Å²) in [5, 5.41) is 20.1. The predicted molar refractivity (Wildman–Crippen MR) is 53.4 cm³/mol. The van der Waals surface area contributed by atoms with E-state index < -0.39 is 5.97 Å². The standard InChI is InChI=1S/C9H16N4O2/c1-3-5-7(6-9(14)15)13-8(4-2)10-11-12-13/h7H,3-6H2,1-2H3,(H,14,15). The molecule has 0 bridgehead atoms. The predicted octanol–water partition coefficient (Wildman–Crippen LogP) is 1.05. The minimum absolute atomic E-state index is 0.0753. The Balaban J connectivity index is 2.82. The minimum Gasteiger partial charge on any atom is -0.481 e. The highest BCUT2D eigenvalue weighted by Crippen LogP contribution is 2.18. The van der Waals surface area contributed by atoms with Gasteiger partial charge >= 0.3 is 5.97 Å². The molecule has 1 atom stereocenters. The molecule has 0 aromatic carbocycles. The van der Waals surface area contributed by atoms with Gasteiger partial charge in [0.15, 0.2) is 5.82 Å². The molecule has 0 aliphatic rings. The number of carboxylic acids is 1. The number of carboxylic acid groups (broad SMARTS) is 1. The molecule has 1 aromatic heterocycles. The molecule has 0 aliphatic heterocycles. The highest BCUT2D eigenvalue weighted by Gasteiger charge is 2.18. The van der Waals surface area contributed by atoms with E-state index in [1.54, 1.807) is 4.68 Å². The second-order valence-corrected chi connectivity index (χ2v) is 3.43. The van der Waals surface area contributed by atoms with Crippen molar-refractivity contribution in [2.24, 2.45) is 0 Å². The van der Waals surface area contributed by atoms with E-state index in [4.69, 9.17) is 5.11 Å². The fourth-order valence-corrected chi connectivity index (χ4v) is 1.57. The van der Waals surface area contributed by atoms with Gasteiger partial charge in [-0.3, -0.25) is 4.79 Å². The Labute approximate surface area is 88.3 Å². The van der Waals surface area contributed by atoms with E-state index in [9.17, 15) is 4.79 Å². The van der Waals surface area contributed by atoms with Gasteiger partial charge in [0.05, 0.1) is 12.5 Å². The minimum atomic E-state index is -0.814. The lowest BCUT2D eigenvalue weighted by Crippen LogP contribution is -2.17. The smallest absolute Gasteiger partial charge is 0.305 e. The summed E-state index contributed by atoms with van der Waals surface area (Å²) in [6, 6.07) is -0.127. The van der Waals surface area contributed by atoms with Crippen LogP contribution in [0.1, 0.15) is 45.0 Å². The molecule has 1 N–H and O–H groups in total. The largest absolute Gasteiger partial charge is 0.481 e. The second kappa shape index (κ2) is 5.43.